The lowest BCUT2D eigenvalue weighted by Gasteiger charge is -1.99. The number of aromatic nitrogens is 1. The van der Waals surface area contributed by atoms with Crippen molar-refractivity contribution in [3.63, 3.8) is 0 Å². The average molecular weight is 200 g/mol. The maximum atomic E-state index is 11.1. The maximum absolute atomic E-state index is 11.1. The molecule has 0 radical (unpaired) electrons. The third kappa shape index (κ3) is 2.69. The standard InChI is InChI=1S/C8H12N2O2S/c1-3-12-7(11)4-6-5(2)13-8(9)10-6/h3-4H2,1-2H3,(H2,9,10). The Bertz CT molecular complexity index is 309. The summed E-state index contributed by atoms with van der Waals surface area (Å²) in [6.07, 6.45) is 0.216. The molecule has 5 heteroatoms. The van der Waals surface area contributed by atoms with Crippen LogP contribution in [0.25, 0.3) is 0 Å². The molecule has 1 aromatic heterocycles. The maximum Gasteiger partial charge on any atom is 0.311 e. The summed E-state index contributed by atoms with van der Waals surface area (Å²) in [4.78, 5) is 16.1. The van der Waals surface area contributed by atoms with Crippen molar-refractivity contribution in [1.29, 1.82) is 0 Å². The number of anilines is 1. The first-order chi connectivity index (χ1) is 6.13. The molecule has 2 N–H and O–H groups in total. The molecule has 0 unspecified atom stereocenters. The molecule has 0 spiro atoms. The molecule has 0 amide bonds. The molecule has 0 saturated heterocycles. The number of thiazole rings is 1. The quantitative estimate of drug-likeness (QED) is 0.743. The van der Waals surface area contributed by atoms with Gasteiger partial charge in [-0.05, 0) is 13.8 Å². The van der Waals surface area contributed by atoms with Gasteiger partial charge in [0.1, 0.15) is 0 Å². The predicted octanol–water partition coefficient (Wildman–Crippen LogP) is 1.14. The highest BCUT2D eigenvalue weighted by Gasteiger charge is 2.10. The van der Waals surface area contributed by atoms with Gasteiger partial charge in [-0.1, -0.05) is 0 Å². The van der Waals surface area contributed by atoms with Gasteiger partial charge in [0.05, 0.1) is 18.7 Å². The molecule has 0 fully saturated rings. The van der Waals surface area contributed by atoms with Gasteiger partial charge in [0.2, 0.25) is 0 Å². The average Bonchev–Trinajstić information content (AvgIpc) is 2.30. The molecule has 4 nitrogen and oxygen atoms in total. The Hall–Kier alpha value is -1.10. The van der Waals surface area contributed by atoms with E-state index in [4.69, 9.17) is 10.5 Å². The van der Waals surface area contributed by atoms with E-state index >= 15 is 0 Å². The largest absolute Gasteiger partial charge is 0.466 e. The van der Waals surface area contributed by atoms with Gasteiger partial charge >= 0.3 is 5.97 Å². The lowest BCUT2D eigenvalue weighted by molar-refractivity contribution is -0.142. The number of hydrogen-bond acceptors (Lipinski definition) is 5. The first-order valence-corrected chi connectivity index (χ1v) is 4.82. The van der Waals surface area contributed by atoms with Crippen molar-refractivity contribution < 1.29 is 9.53 Å². The van der Waals surface area contributed by atoms with E-state index < -0.39 is 0 Å². The Kier molecular flexibility index (Phi) is 3.25. The minimum absolute atomic E-state index is 0.216. The second-order valence-corrected chi connectivity index (χ2v) is 3.77. The molecule has 13 heavy (non-hydrogen) atoms. The van der Waals surface area contributed by atoms with Crippen LogP contribution in [0.2, 0.25) is 0 Å². The summed E-state index contributed by atoms with van der Waals surface area (Å²) in [5.74, 6) is -0.254. The molecule has 0 aliphatic carbocycles. The number of rotatable bonds is 3. The van der Waals surface area contributed by atoms with Crippen molar-refractivity contribution >= 4 is 22.4 Å². The Labute approximate surface area is 80.7 Å². The highest BCUT2D eigenvalue weighted by molar-refractivity contribution is 7.15. The van der Waals surface area contributed by atoms with Crippen LogP contribution in [0, 0.1) is 6.92 Å². The monoisotopic (exact) mass is 200 g/mol. The summed E-state index contributed by atoms with van der Waals surface area (Å²) >= 11 is 1.39. The zero-order chi connectivity index (χ0) is 9.84. The van der Waals surface area contributed by atoms with Crippen LogP contribution in [0.3, 0.4) is 0 Å². The molecule has 0 bridgehead atoms. The molecule has 0 saturated carbocycles. The van der Waals surface area contributed by atoms with Crippen LogP contribution in [0.1, 0.15) is 17.5 Å². The van der Waals surface area contributed by atoms with Crippen LogP contribution in [0.5, 0.6) is 0 Å². The summed E-state index contributed by atoms with van der Waals surface area (Å²) in [5.41, 5.74) is 6.21. The molecule has 0 aliphatic rings. The zero-order valence-corrected chi connectivity index (χ0v) is 8.48. The molecule has 72 valence electrons. The highest BCUT2D eigenvalue weighted by atomic mass is 32.1. The minimum Gasteiger partial charge on any atom is -0.466 e. The van der Waals surface area contributed by atoms with E-state index in [1.165, 1.54) is 11.3 Å². The second-order valence-electron chi connectivity index (χ2n) is 2.54. The molecule has 0 aliphatic heterocycles. The number of hydrogen-bond donors (Lipinski definition) is 1. The topological polar surface area (TPSA) is 65.2 Å². The van der Waals surface area contributed by atoms with Crippen LogP contribution in [0.4, 0.5) is 5.13 Å². The Morgan fingerprint density at radius 1 is 1.69 bits per heavy atom. The van der Waals surface area contributed by atoms with E-state index in [1.807, 2.05) is 6.92 Å². The fourth-order valence-corrected chi connectivity index (χ4v) is 1.67. The van der Waals surface area contributed by atoms with E-state index in [9.17, 15) is 4.79 Å². The summed E-state index contributed by atoms with van der Waals surface area (Å²) in [7, 11) is 0. The summed E-state index contributed by atoms with van der Waals surface area (Å²) in [5, 5.41) is 0.497. The van der Waals surface area contributed by atoms with Crippen molar-refractivity contribution in [3.05, 3.63) is 10.6 Å². The molecular weight excluding hydrogens is 188 g/mol. The highest BCUT2D eigenvalue weighted by Crippen LogP contribution is 2.19. The third-order valence-corrected chi connectivity index (χ3v) is 2.37. The van der Waals surface area contributed by atoms with Crippen LogP contribution in [0.15, 0.2) is 0 Å². The number of nitrogens with two attached hydrogens (primary N) is 1. The SMILES string of the molecule is CCOC(=O)Cc1nc(N)sc1C. The van der Waals surface area contributed by atoms with Crippen LogP contribution in [-0.4, -0.2) is 17.6 Å². The third-order valence-electron chi connectivity index (χ3n) is 1.53. The molecule has 0 aromatic carbocycles. The Morgan fingerprint density at radius 2 is 2.38 bits per heavy atom. The van der Waals surface area contributed by atoms with Gasteiger partial charge in [0.15, 0.2) is 5.13 Å². The second kappa shape index (κ2) is 4.23. The number of esters is 1. The number of nitrogen functional groups attached to an aromatic ring is 1. The van der Waals surface area contributed by atoms with E-state index in [0.29, 0.717) is 11.7 Å². The first kappa shape index (κ1) is 9.98. The van der Waals surface area contributed by atoms with Crippen LogP contribution >= 0.6 is 11.3 Å². The van der Waals surface area contributed by atoms with Crippen LogP contribution < -0.4 is 5.73 Å². The van der Waals surface area contributed by atoms with E-state index in [1.54, 1.807) is 6.92 Å². The first-order valence-electron chi connectivity index (χ1n) is 4.01. The number of ether oxygens (including phenoxy) is 1. The van der Waals surface area contributed by atoms with E-state index in [0.717, 1.165) is 10.6 Å². The fraction of sp³-hybridized carbons (Fsp3) is 0.500. The van der Waals surface area contributed by atoms with Gasteiger partial charge in [-0.15, -0.1) is 11.3 Å². The van der Waals surface area contributed by atoms with Crippen molar-refractivity contribution in [2.24, 2.45) is 0 Å². The van der Waals surface area contributed by atoms with Crippen molar-refractivity contribution in [3.8, 4) is 0 Å². The van der Waals surface area contributed by atoms with Gasteiger partial charge in [-0.2, -0.15) is 0 Å². The summed E-state index contributed by atoms with van der Waals surface area (Å²) in [6.45, 7) is 4.07. The molecule has 0 atom stereocenters. The molecular formula is C8H12N2O2S. The molecule has 1 aromatic rings. The van der Waals surface area contributed by atoms with Crippen molar-refractivity contribution in [1.82, 2.24) is 4.98 Å². The van der Waals surface area contributed by atoms with Gasteiger partial charge in [-0.25, -0.2) is 4.98 Å². The lowest BCUT2D eigenvalue weighted by atomic mass is 10.3. The van der Waals surface area contributed by atoms with Gasteiger partial charge in [0.25, 0.3) is 0 Å². The predicted molar refractivity (Wildman–Crippen MR) is 51.6 cm³/mol. The normalized spacial score (nSPS) is 10.0. The number of aryl methyl sites for hydroxylation is 1. The van der Waals surface area contributed by atoms with Gasteiger partial charge in [0, 0.05) is 4.88 Å². The summed E-state index contributed by atoms with van der Waals surface area (Å²) < 4.78 is 4.79. The number of carbonyl (C=O) groups is 1. The van der Waals surface area contributed by atoms with Gasteiger partial charge < -0.3 is 10.5 Å². The Morgan fingerprint density at radius 3 is 2.85 bits per heavy atom. The molecule has 1 rings (SSSR count). The minimum atomic E-state index is -0.254. The summed E-state index contributed by atoms with van der Waals surface area (Å²) in [6, 6.07) is 0. The van der Waals surface area contributed by atoms with E-state index in [2.05, 4.69) is 4.98 Å². The smallest absolute Gasteiger partial charge is 0.311 e. The van der Waals surface area contributed by atoms with Crippen molar-refractivity contribution in [2.75, 3.05) is 12.3 Å². The van der Waals surface area contributed by atoms with Crippen molar-refractivity contribution in [2.45, 2.75) is 20.3 Å². The Balaban J connectivity index is 2.63. The number of nitrogens with zero attached hydrogens (tertiary/aromatic N) is 1. The lowest BCUT2D eigenvalue weighted by Crippen LogP contribution is -2.08. The number of carbonyl (C=O) groups excluding carboxylic acids is 1. The van der Waals surface area contributed by atoms with E-state index in [-0.39, 0.29) is 12.4 Å². The zero-order valence-electron chi connectivity index (χ0n) is 7.66. The fourth-order valence-electron chi connectivity index (χ4n) is 0.963. The molecule has 1 heterocycles. The van der Waals surface area contributed by atoms with Gasteiger partial charge in [-0.3, -0.25) is 4.79 Å². The van der Waals surface area contributed by atoms with Crippen LogP contribution in [-0.2, 0) is 16.0 Å².